The number of aryl methyl sites for hydroxylation is 2. The first-order valence-electron chi connectivity index (χ1n) is 10.4. The Morgan fingerprint density at radius 2 is 1.93 bits per heavy atom. The van der Waals surface area contributed by atoms with Gasteiger partial charge in [0, 0.05) is 35.5 Å². The standard InChI is InChI=1S/C22H21N3O4S/c26-20-10-14(12-25(20)15-5-6-16-17(11-15)28-8-7-27-16)21-23-22(29-24-21)19-9-13-3-1-2-4-18(13)30-19/h5-6,9,11,14H,1-4,7-8,10,12H2. The van der Waals surface area contributed by atoms with Crippen LogP contribution in [0, 0.1) is 0 Å². The summed E-state index contributed by atoms with van der Waals surface area (Å²) in [6.45, 7) is 1.59. The number of thiophene rings is 1. The average Bonchev–Trinajstić information content (AvgIpc) is 3.50. The van der Waals surface area contributed by atoms with Crippen LogP contribution in [0.4, 0.5) is 5.69 Å². The summed E-state index contributed by atoms with van der Waals surface area (Å²) in [6.07, 6.45) is 5.14. The van der Waals surface area contributed by atoms with E-state index >= 15 is 0 Å². The van der Waals surface area contributed by atoms with Crippen molar-refractivity contribution in [2.24, 2.45) is 0 Å². The summed E-state index contributed by atoms with van der Waals surface area (Å²) in [5.41, 5.74) is 2.23. The largest absolute Gasteiger partial charge is 0.486 e. The lowest BCUT2D eigenvalue weighted by Gasteiger charge is -2.22. The maximum atomic E-state index is 12.7. The maximum absolute atomic E-state index is 12.7. The molecule has 2 aliphatic heterocycles. The second-order valence-corrected chi connectivity index (χ2v) is 9.09. The highest BCUT2D eigenvalue weighted by Gasteiger charge is 2.35. The van der Waals surface area contributed by atoms with Gasteiger partial charge in [-0.15, -0.1) is 11.3 Å². The van der Waals surface area contributed by atoms with E-state index in [9.17, 15) is 4.79 Å². The van der Waals surface area contributed by atoms with Crippen LogP contribution >= 0.6 is 11.3 Å². The number of fused-ring (bicyclic) bond motifs is 2. The van der Waals surface area contributed by atoms with E-state index in [1.807, 2.05) is 18.2 Å². The Hall–Kier alpha value is -2.87. The molecule has 7 nitrogen and oxygen atoms in total. The van der Waals surface area contributed by atoms with Crippen molar-refractivity contribution in [2.75, 3.05) is 24.7 Å². The van der Waals surface area contributed by atoms with Crippen LogP contribution in [0.1, 0.15) is 41.4 Å². The summed E-state index contributed by atoms with van der Waals surface area (Å²) < 4.78 is 16.8. The Morgan fingerprint density at radius 3 is 2.83 bits per heavy atom. The Balaban J connectivity index is 1.22. The first-order chi connectivity index (χ1) is 14.7. The van der Waals surface area contributed by atoms with E-state index in [0.29, 0.717) is 43.6 Å². The van der Waals surface area contributed by atoms with Gasteiger partial charge in [0.15, 0.2) is 17.3 Å². The van der Waals surface area contributed by atoms with Crippen LogP contribution < -0.4 is 14.4 Å². The smallest absolute Gasteiger partial charge is 0.268 e. The quantitative estimate of drug-likeness (QED) is 0.634. The molecule has 4 heterocycles. The van der Waals surface area contributed by atoms with Gasteiger partial charge in [0.2, 0.25) is 5.91 Å². The number of aromatic nitrogens is 2. The highest BCUT2D eigenvalue weighted by Crippen LogP contribution is 2.39. The molecule has 3 aliphatic rings. The first kappa shape index (κ1) is 17.9. The van der Waals surface area contributed by atoms with Crippen LogP contribution in [-0.2, 0) is 17.6 Å². The SMILES string of the molecule is O=C1CC(c2noc(-c3cc4c(s3)CCCC4)n2)CN1c1ccc2c(c1)OCCO2. The van der Waals surface area contributed by atoms with E-state index in [1.165, 1.54) is 23.3 Å². The number of carbonyl (C=O) groups is 1. The molecule has 8 heteroatoms. The minimum atomic E-state index is -0.0854. The molecule has 0 spiro atoms. The molecule has 1 unspecified atom stereocenters. The fraction of sp³-hybridized carbons (Fsp3) is 0.409. The van der Waals surface area contributed by atoms with Crippen molar-refractivity contribution in [2.45, 2.75) is 38.0 Å². The summed E-state index contributed by atoms with van der Waals surface area (Å²) in [7, 11) is 0. The Labute approximate surface area is 177 Å². The third-order valence-electron chi connectivity index (χ3n) is 5.98. The molecule has 1 fully saturated rings. The van der Waals surface area contributed by atoms with Crippen LogP contribution in [0.15, 0.2) is 28.8 Å². The predicted octanol–water partition coefficient (Wildman–Crippen LogP) is 3.97. The number of carbonyl (C=O) groups excluding carboxylic acids is 1. The number of nitrogens with zero attached hydrogens (tertiary/aromatic N) is 3. The number of rotatable bonds is 3. The molecule has 3 aromatic rings. The van der Waals surface area contributed by atoms with Gasteiger partial charge in [-0.1, -0.05) is 5.16 Å². The molecule has 0 N–H and O–H groups in total. The fourth-order valence-electron chi connectivity index (χ4n) is 4.43. The Bertz CT molecular complexity index is 1100. The molecule has 0 saturated carbocycles. The second-order valence-electron chi connectivity index (χ2n) is 7.96. The number of anilines is 1. The molecule has 1 aliphatic carbocycles. The normalized spacial score (nSPS) is 20.5. The van der Waals surface area contributed by atoms with Crippen molar-refractivity contribution in [3.63, 3.8) is 0 Å². The van der Waals surface area contributed by atoms with E-state index in [0.717, 1.165) is 29.2 Å². The van der Waals surface area contributed by atoms with Gasteiger partial charge in [-0.05, 0) is 49.4 Å². The molecule has 1 saturated heterocycles. The monoisotopic (exact) mass is 423 g/mol. The van der Waals surface area contributed by atoms with Gasteiger partial charge in [0.25, 0.3) is 5.89 Å². The molecule has 1 atom stereocenters. The molecule has 6 rings (SSSR count). The molecule has 1 aromatic carbocycles. The molecular formula is C22H21N3O4S. The van der Waals surface area contributed by atoms with Crippen LogP contribution in [0.5, 0.6) is 11.5 Å². The number of benzene rings is 1. The summed E-state index contributed by atoms with van der Waals surface area (Å²) in [5, 5.41) is 4.21. The zero-order chi connectivity index (χ0) is 20.1. The van der Waals surface area contributed by atoms with Gasteiger partial charge < -0.3 is 18.9 Å². The van der Waals surface area contributed by atoms with Crippen molar-refractivity contribution in [1.29, 1.82) is 0 Å². The molecule has 30 heavy (non-hydrogen) atoms. The highest BCUT2D eigenvalue weighted by atomic mass is 32.1. The predicted molar refractivity (Wildman–Crippen MR) is 111 cm³/mol. The molecule has 0 bridgehead atoms. The highest BCUT2D eigenvalue weighted by molar-refractivity contribution is 7.15. The van der Waals surface area contributed by atoms with Gasteiger partial charge >= 0.3 is 0 Å². The third kappa shape index (κ3) is 3.06. The lowest BCUT2D eigenvalue weighted by atomic mass is 9.99. The van der Waals surface area contributed by atoms with Gasteiger partial charge in [0.1, 0.15) is 13.2 Å². The third-order valence-corrected chi connectivity index (χ3v) is 7.20. The summed E-state index contributed by atoms with van der Waals surface area (Å²) in [6, 6.07) is 7.81. The molecule has 154 valence electrons. The van der Waals surface area contributed by atoms with Crippen molar-refractivity contribution in [1.82, 2.24) is 10.1 Å². The topological polar surface area (TPSA) is 77.7 Å². The van der Waals surface area contributed by atoms with E-state index in [2.05, 4.69) is 16.2 Å². The van der Waals surface area contributed by atoms with Crippen LogP contribution in [0.3, 0.4) is 0 Å². The lowest BCUT2D eigenvalue weighted by Crippen LogP contribution is -2.25. The molecule has 1 amide bonds. The number of ether oxygens (including phenoxy) is 2. The van der Waals surface area contributed by atoms with E-state index in [4.69, 9.17) is 14.0 Å². The average molecular weight is 423 g/mol. The lowest BCUT2D eigenvalue weighted by molar-refractivity contribution is -0.117. The van der Waals surface area contributed by atoms with Gasteiger partial charge in [-0.25, -0.2) is 0 Å². The minimum Gasteiger partial charge on any atom is -0.486 e. The van der Waals surface area contributed by atoms with Crippen LogP contribution in [0.25, 0.3) is 10.8 Å². The molecular weight excluding hydrogens is 402 g/mol. The van der Waals surface area contributed by atoms with E-state index in [-0.39, 0.29) is 11.8 Å². The van der Waals surface area contributed by atoms with E-state index < -0.39 is 0 Å². The van der Waals surface area contributed by atoms with Crippen LogP contribution in [0.2, 0.25) is 0 Å². The number of hydrogen-bond donors (Lipinski definition) is 0. The molecule has 0 radical (unpaired) electrons. The maximum Gasteiger partial charge on any atom is 0.268 e. The van der Waals surface area contributed by atoms with Crippen molar-refractivity contribution in [3.05, 3.63) is 40.5 Å². The second kappa shape index (κ2) is 7.12. The fourth-order valence-corrected chi connectivity index (χ4v) is 5.60. The number of amides is 1. The minimum absolute atomic E-state index is 0.0506. The van der Waals surface area contributed by atoms with Crippen molar-refractivity contribution in [3.8, 4) is 22.3 Å². The zero-order valence-electron chi connectivity index (χ0n) is 16.4. The van der Waals surface area contributed by atoms with Gasteiger partial charge in [-0.2, -0.15) is 4.98 Å². The van der Waals surface area contributed by atoms with E-state index in [1.54, 1.807) is 16.2 Å². The first-order valence-corrected chi connectivity index (χ1v) is 11.2. The van der Waals surface area contributed by atoms with Crippen LogP contribution in [-0.4, -0.2) is 35.8 Å². The summed E-state index contributed by atoms with van der Waals surface area (Å²) in [5.74, 6) is 2.53. The number of hydrogen-bond acceptors (Lipinski definition) is 7. The summed E-state index contributed by atoms with van der Waals surface area (Å²) in [4.78, 5) is 21.6. The Kier molecular flexibility index (Phi) is 4.26. The molecule has 2 aromatic heterocycles. The van der Waals surface area contributed by atoms with Crippen molar-refractivity contribution < 1.29 is 18.8 Å². The van der Waals surface area contributed by atoms with Crippen molar-refractivity contribution >= 4 is 22.9 Å². The summed E-state index contributed by atoms with van der Waals surface area (Å²) >= 11 is 1.76. The van der Waals surface area contributed by atoms with Gasteiger partial charge in [0.05, 0.1) is 4.88 Å². The Morgan fingerprint density at radius 1 is 1.07 bits per heavy atom. The zero-order valence-corrected chi connectivity index (χ0v) is 17.2. The van der Waals surface area contributed by atoms with Gasteiger partial charge in [-0.3, -0.25) is 4.79 Å².